The SMILES string of the molecule is CCCC(NC(=O)N1C(=O)C(CC)(CC)C1Oc1ccccc1CO)c1ccc2occc2c1. The van der Waals surface area contributed by atoms with E-state index in [9.17, 15) is 14.7 Å². The second-order valence-corrected chi connectivity index (χ2v) is 8.78. The molecule has 4 rings (SSSR count). The number of furan rings is 1. The summed E-state index contributed by atoms with van der Waals surface area (Å²) in [5.74, 6) is 0.240. The molecule has 2 atom stereocenters. The molecular weight excluding hydrogens is 432 g/mol. The molecule has 2 N–H and O–H groups in total. The predicted octanol–water partition coefficient (Wildman–Crippen LogP) is 5.53. The molecule has 180 valence electrons. The van der Waals surface area contributed by atoms with Crippen LogP contribution in [0.1, 0.15) is 63.6 Å². The molecule has 0 spiro atoms. The predicted molar refractivity (Wildman–Crippen MR) is 129 cm³/mol. The summed E-state index contributed by atoms with van der Waals surface area (Å²) in [4.78, 5) is 27.9. The number of fused-ring (bicyclic) bond motifs is 1. The number of amides is 3. The van der Waals surface area contributed by atoms with E-state index in [1.807, 2.05) is 50.2 Å². The van der Waals surface area contributed by atoms with Crippen molar-refractivity contribution in [2.24, 2.45) is 5.41 Å². The zero-order valence-electron chi connectivity index (χ0n) is 19.9. The minimum Gasteiger partial charge on any atom is -0.468 e. The van der Waals surface area contributed by atoms with Gasteiger partial charge < -0.3 is 19.6 Å². The van der Waals surface area contributed by atoms with Crippen molar-refractivity contribution in [1.82, 2.24) is 10.2 Å². The van der Waals surface area contributed by atoms with Crippen LogP contribution >= 0.6 is 0 Å². The van der Waals surface area contributed by atoms with Crippen molar-refractivity contribution in [3.63, 3.8) is 0 Å². The van der Waals surface area contributed by atoms with E-state index in [0.29, 0.717) is 24.2 Å². The highest BCUT2D eigenvalue weighted by atomic mass is 16.5. The lowest BCUT2D eigenvalue weighted by Gasteiger charge is -2.53. The van der Waals surface area contributed by atoms with Crippen molar-refractivity contribution in [2.75, 3.05) is 0 Å². The standard InChI is InChI=1S/C27H32N2O5/c1-4-9-21(18-12-13-22-19(16-18)14-15-33-22)28-26(32)29-24(31)27(5-2,6-3)25(29)34-23-11-8-7-10-20(23)17-30/h7-8,10-16,21,25,30H,4-6,9,17H2,1-3H3,(H,28,32). The molecular formula is C27H32N2O5. The number of nitrogens with zero attached hydrogens (tertiary/aromatic N) is 1. The van der Waals surface area contributed by atoms with Gasteiger partial charge in [0.25, 0.3) is 0 Å². The third-order valence-electron chi connectivity index (χ3n) is 6.97. The van der Waals surface area contributed by atoms with Crippen LogP contribution in [0.25, 0.3) is 11.0 Å². The molecule has 0 saturated carbocycles. The monoisotopic (exact) mass is 464 g/mol. The minimum absolute atomic E-state index is 0.191. The van der Waals surface area contributed by atoms with Gasteiger partial charge in [0.2, 0.25) is 5.91 Å². The first-order valence-electron chi connectivity index (χ1n) is 12.0. The van der Waals surface area contributed by atoms with Crippen LogP contribution in [0, 0.1) is 5.41 Å². The van der Waals surface area contributed by atoms with Crippen LogP contribution in [0.4, 0.5) is 4.79 Å². The lowest BCUT2D eigenvalue weighted by atomic mass is 9.72. The highest BCUT2D eigenvalue weighted by molar-refractivity contribution is 6.03. The second kappa shape index (κ2) is 9.89. The number of β-lactam (4-membered cyclic amide) rings is 1. The molecule has 7 nitrogen and oxygen atoms in total. The van der Waals surface area contributed by atoms with Crippen LogP contribution < -0.4 is 10.1 Å². The van der Waals surface area contributed by atoms with Crippen molar-refractivity contribution in [3.8, 4) is 5.75 Å². The van der Waals surface area contributed by atoms with E-state index in [-0.39, 0.29) is 18.6 Å². The smallest absolute Gasteiger partial charge is 0.327 e. The minimum atomic E-state index is -0.782. The number of nitrogens with one attached hydrogen (secondary N) is 1. The normalized spacial score (nSPS) is 17.9. The molecule has 0 radical (unpaired) electrons. The largest absolute Gasteiger partial charge is 0.468 e. The van der Waals surface area contributed by atoms with Gasteiger partial charge in [-0.1, -0.05) is 51.5 Å². The van der Waals surface area contributed by atoms with Gasteiger partial charge >= 0.3 is 6.03 Å². The Labute approximate surface area is 199 Å². The first kappa shape index (κ1) is 23.8. The van der Waals surface area contributed by atoms with E-state index < -0.39 is 17.7 Å². The number of para-hydroxylation sites is 1. The maximum atomic E-state index is 13.4. The van der Waals surface area contributed by atoms with Gasteiger partial charge in [0.1, 0.15) is 16.7 Å². The zero-order valence-corrected chi connectivity index (χ0v) is 19.9. The molecule has 2 unspecified atom stereocenters. The number of hydrogen-bond acceptors (Lipinski definition) is 5. The van der Waals surface area contributed by atoms with Crippen LogP contribution in [0.3, 0.4) is 0 Å². The molecule has 2 aromatic carbocycles. The number of likely N-dealkylation sites (tertiary alicyclic amines) is 1. The van der Waals surface area contributed by atoms with E-state index in [4.69, 9.17) is 9.15 Å². The fourth-order valence-electron chi connectivity index (χ4n) is 4.80. The Hall–Kier alpha value is -3.32. The molecule has 0 aliphatic carbocycles. The average Bonchev–Trinajstić information content (AvgIpc) is 3.33. The third-order valence-corrected chi connectivity index (χ3v) is 6.97. The molecule has 1 aliphatic heterocycles. The van der Waals surface area contributed by atoms with Gasteiger partial charge in [0, 0.05) is 10.9 Å². The molecule has 1 fully saturated rings. The number of aliphatic hydroxyl groups excluding tert-OH is 1. The van der Waals surface area contributed by atoms with Gasteiger partial charge in [0.05, 0.1) is 18.9 Å². The first-order valence-corrected chi connectivity index (χ1v) is 12.0. The number of urea groups is 1. The van der Waals surface area contributed by atoms with Crippen molar-refractivity contribution < 1.29 is 23.8 Å². The average molecular weight is 465 g/mol. The number of carbonyl (C=O) groups excluding carboxylic acids is 2. The molecule has 1 saturated heterocycles. The van der Waals surface area contributed by atoms with Crippen molar-refractivity contribution in [3.05, 3.63) is 65.9 Å². The van der Waals surface area contributed by atoms with Gasteiger partial charge in [0.15, 0.2) is 6.23 Å². The van der Waals surface area contributed by atoms with Gasteiger partial charge in [-0.3, -0.25) is 4.79 Å². The second-order valence-electron chi connectivity index (χ2n) is 8.78. The summed E-state index contributed by atoms with van der Waals surface area (Å²) in [6, 6.07) is 14.1. The zero-order chi connectivity index (χ0) is 24.3. The Morgan fingerprint density at radius 1 is 1.18 bits per heavy atom. The summed E-state index contributed by atoms with van der Waals surface area (Å²) < 4.78 is 11.7. The van der Waals surface area contributed by atoms with E-state index in [0.717, 1.165) is 29.4 Å². The number of rotatable bonds is 9. The van der Waals surface area contributed by atoms with Gasteiger partial charge in [-0.25, -0.2) is 9.69 Å². The van der Waals surface area contributed by atoms with E-state index in [2.05, 4.69) is 12.2 Å². The van der Waals surface area contributed by atoms with Crippen molar-refractivity contribution in [1.29, 1.82) is 0 Å². The number of carbonyl (C=O) groups is 2. The van der Waals surface area contributed by atoms with Crippen LogP contribution in [-0.4, -0.2) is 28.2 Å². The molecule has 7 heteroatoms. The highest BCUT2D eigenvalue weighted by Crippen LogP contribution is 2.46. The number of ether oxygens (including phenoxy) is 1. The number of aliphatic hydroxyl groups is 1. The van der Waals surface area contributed by atoms with Crippen molar-refractivity contribution in [2.45, 2.75) is 65.3 Å². The fraction of sp³-hybridized carbons (Fsp3) is 0.407. The highest BCUT2D eigenvalue weighted by Gasteiger charge is 2.63. The van der Waals surface area contributed by atoms with E-state index in [1.165, 1.54) is 4.90 Å². The van der Waals surface area contributed by atoms with E-state index in [1.54, 1.807) is 18.4 Å². The third kappa shape index (κ3) is 4.05. The Morgan fingerprint density at radius 3 is 2.65 bits per heavy atom. The van der Waals surface area contributed by atoms with Crippen LogP contribution in [0.5, 0.6) is 5.75 Å². The lowest BCUT2D eigenvalue weighted by Crippen LogP contribution is -2.73. The summed E-state index contributed by atoms with van der Waals surface area (Å²) in [5.41, 5.74) is 1.57. The molecule has 0 bridgehead atoms. The summed E-state index contributed by atoms with van der Waals surface area (Å²) in [6.07, 6.45) is 3.58. The van der Waals surface area contributed by atoms with Crippen molar-refractivity contribution >= 4 is 22.9 Å². The van der Waals surface area contributed by atoms with Gasteiger partial charge in [-0.15, -0.1) is 0 Å². The van der Waals surface area contributed by atoms with Crippen LogP contribution in [0.2, 0.25) is 0 Å². The quantitative estimate of drug-likeness (QED) is 0.406. The summed E-state index contributed by atoms with van der Waals surface area (Å²) in [5, 5.41) is 13.7. The van der Waals surface area contributed by atoms with E-state index >= 15 is 0 Å². The molecule has 1 aromatic heterocycles. The fourth-order valence-corrected chi connectivity index (χ4v) is 4.80. The topological polar surface area (TPSA) is 92.0 Å². The Morgan fingerprint density at radius 2 is 1.94 bits per heavy atom. The van der Waals surface area contributed by atoms with Crippen LogP contribution in [0.15, 0.2) is 59.2 Å². The molecule has 34 heavy (non-hydrogen) atoms. The van der Waals surface area contributed by atoms with Gasteiger partial charge in [-0.2, -0.15) is 0 Å². The molecule has 2 heterocycles. The lowest BCUT2D eigenvalue weighted by molar-refractivity contribution is -0.191. The number of imide groups is 1. The Balaban J connectivity index is 1.60. The molecule has 3 aromatic rings. The number of benzene rings is 2. The summed E-state index contributed by atoms with van der Waals surface area (Å²) in [6.45, 7) is 5.74. The van der Waals surface area contributed by atoms with Gasteiger partial charge in [-0.05, 0) is 49.1 Å². The summed E-state index contributed by atoms with van der Waals surface area (Å²) >= 11 is 0. The number of hydrogen-bond donors (Lipinski definition) is 2. The Bertz CT molecular complexity index is 1170. The Kier molecular flexibility index (Phi) is 6.93. The summed E-state index contributed by atoms with van der Waals surface area (Å²) in [7, 11) is 0. The first-order chi connectivity index (χ1) is 16.5. The maximum absolute atomic E-state index is 13.4. The maximum Gasteiger partial charge on any atom is 0.327 e. The van der Waals surface area contributed by atoms with Crippen LogP contribution in [-0.2, 0) is 11.4 Å². The molecule has 1 aliphatic rings. The molecule has 3 amide bonds.